The molecule has 150 valence electrons. The molecule has 0 aliphatic carbocycles. The van der Waals surface area contributed by atoms with Crippen LogP contribution in [0.4, 0.5) is 10.8 Å². The molecule has 0 saturated carbocycles. The summed E-state index contributed by atoms with van der Waals surface area (Å²) in [4.78, 5) is 30.7. The number of amides is 1. The Morgan fingerprint density at radius 3 is 2.57 bits per heavy atom. The molecule has 0 unspecified atom stereocenters. The number of rotatable bonds is 5. The first-order valence-electron chi connectivity index (χ1n) is 9.41. The predicted molar refractivity (Wildman–Crippen MR) is 119 cm³/mol. The van der Waals surface area contributed by atoms with E-state index in [1.807, 2.05) is 55.5 Å². The van der Waals surface area contributed by atoms with Crippen molar-refractivity contribution in [2.75, 3.05) is 4.90 Å². The lowest BCUT2D eigenvalue weighted by atomic mass is 10.1. The highest BCUT2D eigenvalue weighted by Crippen LogP contribution is 2.32. The van der Waals surface area contributed by atoms with Crippen LogP contribution in [0.15, 0.2) is 66.7 Å². The Labute approximate surface area is 177 Å². The van der Waals surface area contributed by atoms with Crippen LogP contribution in [0.2, 0.25) is 0 Å². The molecule has 6 nitrogen and oxygen atoms in total. The minimum atomic E-state index is -0.464. The highest BCUT2D eigenvalue weighted by Gasteiger charge is 2.26. The van der Waals surface area contributed by atoms with Gasteiger partial charge in [0.2, 0.25) is 0 Å². The van der Waals surface area contributed by atoms with Crippen LogP contribution in [0.1, 0.15) is 27.0 Å². The van der Waals surface area contributed by atoms with Crippen molar-refractivity contribution in [3.63, 3.8) is 0 Å². The van der Waals surface area contributed by atoms with Crippen LogP contribution in [0.25, 0.3) is 10.2 Å². The van der Waals surface area contributed by atoms with Crippen LogP contribution in [0.5, 0.6) is 0 Å². The van der Waals surface area contributed by atoms with Gasteiger partial charge in [-0.2, -0.15) is 0 Å². The second kappa shape index (κ2) is 8.04. The topological polar surface area (TPSA) is 76.3 Å². The summed E-state index contributed by atoms with van der Waals surface area (Å²) in [5.41, 5.74) is 3.47. The molecule has 4 rings (SSSR count). The number of anilines is 1. The molecule has 7 heteroatoms. The van der Waals surface area contributed by atoms with E-state index >= 15 is 0 Å². The van der Waals surface area contributed by atoms with Gasteiger partial charge in [0.05, 0.1) is 21.7 Å². The zero-order valence-electron chi connectivity index (χ0n) is 16.5. The number of benzene rings is 3. The van der Waals surface area contributed by atoms with Crippen molar-refractivity contribution in [3.05, 3.63) is 99.1 Å². The Bertz CT molecular complexity index is 1250. The summed E-state index contributed by atoms with van der Waals surface area (Å²) in [6, 6.07) is 20.2. The Balaban J connectivity index is 1.81. The summed E-state index contributed by atoms with van der Waals surface area (Å²) in [6.07, 6.45) is 0. The molecule has 0 atom stereocenters. The van der Waals surface area contributed by atoms with E-state index in [4.69, 9.17) is 0 Å². The van der Waals surface area contributed by atoms with Gasteiger partial charge in [-0.05, 0) is 43.2 Å². The van der Waals surface area contributed by atoms with Crippen molar-refractivity contribution in [1.29, 1.82) is 0 Å². The number of carbonyl (C=O) groups is 1. The smallest absolute Gasteiger partial charge is 0.273 e. The lowest BCUT2D eigenvalue weighted by Gasteiger charge is -2.21. The van der Waals surface area contributed by atoms with Crippen molar-refractivity contribution in [1.82, 2.24) is 4.98 Å². The zero-order valence-corrected chi connectivity index (χ0v) is 17.3. The lowest BCUT2D eigenvalue weighted by Crippen LogP contribution is -2.31. The molecule has 0 bridgehead atoms. The molecular weight excluding hydrogens is 398 g/mol. The summed E-state index contributed by atoms with van der Waals surface area (Å²) in [5, 5.41) is 11.9. The number of hydrogen-bond donors (Lipinski definition) is 0. The first-order chi connectivity index (χ1) is 14.4. The number of nitro groups is 1. The van der Waals surface area contributed by atoms with Crippen LogP contribution in [-0.2, 0) is 6.54 Å². The van der Waals surface area contributed by atoms with Gasteiger partial charge in [0.1, 0.15) is 0 Å². The third-order valence-corrected chi connectivity index (χ3v) is 5.97. The van der Waals surface area contributed by atoms with E-state index in [0.717, 1.165) is 21.3 Å². The minimum Gasteiger partial charge on any atom is -0.279 e. The van der Waals surface area contributed by atoms with E-state index in [9.17, 15) is 14.9 Å². The maximum atomic E-state index is 13.6. The van der Waals surface area contributed by atoms with Gasteiger partial charge in [0.25, 0.3) is 11.6 Å². The maximum Gasteiger partial charge on any atom is 0.273 e. The highest BCUT2D eigenvalue weighted by molar-refractivity contribution is 7.22. The lowest BCUT2D eigenvalue weighted by molar-refractivity contribution is -0.385. The third-order valence-electron chi connectivity index (χ3n) is 4.92. The Morgan fingerprint density at radius 1 is 1.07 bits per heavy atom. The second-order valence-electron chi connectivity index (χ2n) is 7.05. The van der Waals surface area contributed by atoms with E-state index in [1.54, 1.807) is 24.0 Å². The number of aromatic nitrogens is 1. The van der Waals surface area contributed by atoms with Gasteiger partial charge in [-0.15, -0.1) is 0 Å². The number of thiazole rings is 1. The molecule has 0 N–H and O–H groups in total. The maximum absolute atomic E-state index is 13.6. The summed E-state index contributed by atoms with van der Waals surface area (Å²) >= 11 is 1.44. The predicted octanol–water partition coefficient (Wildman–Crippen LogP) is 5.67. The summed E-state index contributed by atoms with van der Waals surface area (Å²) in [7, 11) is 0. The average Bonchev–Trinajstić information content (AvgIpc) is 3.15. The molecule has 0 radical (unpaired) electrons. The van der Waals surface area contributed by atoms with Crippen molar-refractivity contribution in [3.8, 4) is 0 Å². The molecule has 1 heterocycles. The standard InChI is InChI=1S/C23H19N3O3S/c1-15-11-12-19-21(13-15)30-23(24-19)25(14-17-7-4-3-5-8-17)22(27)18-9-6-10-20(16(18)2)26(28)29/h3-13H,14H2,1-2H3. The zero-order chi connectivity index (χ0) is 21.3. The molecule has 0 aliphatic rings. The fourth-order valence-electron chi connectivity index (χ4n) is 3.33. The third kappa shape index (κ3) is 3.79. The SMILES string of the molecule is Cc1ccc2nc(N(Cc3ccccc3)C(=O)c3cccc([N+](=O)[O-])c3C)sc2c1. The van der Waals surface area contributed by atoms with Gasteiger partial charge in [-0.1, -0.05) is 53.8 Å². The van der Waals surface area contributed by atoms with Gasteiger partial charge in [-0.25, -0.2) is 4.98 Å². The van der Waals surface area contributed by atoms with E-state index in [1.165, 1.54) is 17.4 Å². The molecule has 1 amide bonds. The van der Waals surface area contributed by atoms with E-state index in [-0.39, 0.29) is 11.6 Å². The molecule has 0 fully saturated rings. The molecule has 3 aromatic carbocycles. The van der Waals surface area contributed by atoms with E-state index in [2.05, 4.69) is 4.98 Å². The van der Waals surface area contributed by atoms with Gasteiger partial charge >= 0.3 is 0 Å². The van der Waals surface area contributed by atoms with Crippen molar-refractivity contribution in [2.24, 2.45) is 0 Å². The Hall–Kier alpha value is -3.58. The van der Waals surface area contributed by atoms with Crippen LogP contribution < -0.4 is 4.90 Å². The molecular formula is C23H19N3O3S. The second-order valence-corrected chi connectivity index (χ2v) is 8.06. The van der Waals surface area contributed by atoms with Crippen molar-refractivity contribution >= 4 is 38.3 Å². The van der Waals surface area contributed by atoms with Crippen LogP contribution in [0.3, 0.4) is 0 Å². The van der Waals surface area contributed by atoms with Crippen LogP contribution in [-0.4, -0.2) is 15.8 Å². The number of carbonyl (C=O) groups excluding carboxylic acids is 1. The quantitative estimate of drug-likeness (QED) is 0.310. The number of fused-ring (bicyclic) bond motifs is 1. The number of hydrogen-bond acceptors (Lipinski definition) is 5. The minimum absolute atomic E-state index is 0.0690. The van der Waals surface area contributed by atoms with Crippen molar-refractivity contribution in [2.45, 2.75) is 20.4 Å². The summed E-state index contributed by atoms with van der Waals surface area (Å²) in [6.45, 7) is 3.94. The Kier molecular flexibility index (Phi) is 5.29. The van der Waals surface area contributed by atoms with Gasteiger partial charge < -0.3 is 0 Å². The molecule has 0 saturated heterocycles. The summed E-state index contributed by atoms with van der Waals surface area (Å²) < 4.78 is 0.992. The van der Waals surface area contributed by atoms with Gasteiger partial charge in [-0.3, -0.25) is 19.8 Å². The fraction of sp³-hybridized carbons (Fsp3) is 0.130. The van der Waals surface area contributed by atoms with Gasteiger partial charge in [0, 0.05) is 17.2 Å². The molecule has 4 aromatic rings. The molecule has 1 aromatic heterocycles. The highest BCUT2D eigenvalue weighted by atomic mass is 32.1. The Morgan fingerprint density at radius 2 is 1.83 bits per heavy atom. The van der Waals surface area contributed by atoms with Crippen LogP contribution in [0, 0.1) is 24.0 Å². The number of nitrogens with zero attached hydrogens (tertiary/aromatic N) is 3. The first-order valence-corrected chi connectivity index (χ1v) is 10.2. The van der Waals surface area contributed by atoms with Crippen LogP contribution >= 0.6 is 11.3 Å². The van der Waals surface area contributed by atoms with Crippen molar-refractivity contribution < 1.29 is 9.72 Å². The molecule has 0 spiro atoms. The molecule has 0 aliphatic heterocycles. The average molecular weight is 417 g/mol. The number of nitro benzene ring substituents is 1. The van der Waals surface area contributed by atoms with Gasteiger partial charge in [0.15, 0.2) is 5.13 Å². The van der Waals surface area contributed by atoms with E-state index in [0.29, 0.717) is 22.8 Å². The largest absolute Gasteiger partial charge is 0.279 e. The fourth-order valence-corrected chi connectivity index (χ4v) is 4.39. The monoisotopic (exact) mass is 417 g/mol. The normalized spacial score (nSPS) is 10.9. The summed E-state index contributed by atoms with van der Waals surface area (Å²) in [5.74, 6) is -0.309. The molecule has 30 heavy (non-hydrogen) atoms. The van der Waals surface area contributed by atoms with E-state index < -0.39 is 4.92 Å². The first kappa shape index (κ1) is 19.7. The number of aryl methyl sites for hydroxylation is 1.